The minimum absolute atomic E-state index is 0.0678. The molecule has 1 saturated heterocycles. The van der Waals surface area contributed by atoms with E-state index in [1.807, 2.05) is 12.4 Å². The van der Waals surface area contributed by atoms with Crippen molar-refractivity contribution < 1.29 is 13.9 Å². The molecular weight excluding hydrogens is 571 g/mol. The smallest absolute Gasteiger partial charge is 0.318 e. The number of nitrogens with zero attached hydrogens (tertiary/aromatic N) is 8. The Morgan fingerprint density at radius 1 is 1.22 bits per heavy atom. The Morgan fingerprint density at radius 2 is 2.04 bits per heavy atom. The normalized spacial score (nSPS) is 19.2. The van der Waals surface area contributed by atoms with E-state index in [-0.39, 0.29) is 19.1 Å². The second-order valence-corrected chi connectivity index (χ2v) is 12.5. The molecule has 1 saturated carbocycles. The van der Waals surface area contributed by atoms with Gasteiger partial charge in [-0.05, 0) is 45.7 Å². The van der Waals surface area contributed by atoms with Crippen LogP contribution in [-0.2, 0) is 17.8 Å². The van der Waals surface area contributed by atoms with Gasteiger partial charge in [0.2, 0.25) is 6.54 Å². The second-order valence-electron chi connectivity index (χ2n) is 12.5. The maximum atomic E-state index is 13.8. The summed E-state index contributed by atoms with van der Waals surface area (Å²) in [5.41, 5.74) is 4.20. The molecule has 3 aliphatic rings. The molecule has 11 heteroatoms. The summed E-state index contributed by atoms with van der Waals surface area (Å²) in [6.07, 6.45) is 8.25. The molecule has 3 aromatic rings. The molecule has 2 aliphatic heterocycles. The number of aryl methyl sites for hydroxylation is 1. The molecule has 2 aromatic heterocycles. The van der Waals surface area contributed by atoms with Crippen LogP contribution >= 0.6 is 0 Å². The Kier molecular flexibility index (Phi) is 8.85. The van der Waals surface area contributed by atoms with Gasteiger partial charge < -0.3 is 24.3 Å². The number of benzene rings is 1. The highest BCUT2D eigenvalue weighted by Crippen LogP contribution is 2.35. The van der Waals surface area contributed by atoms with E-state index in [2.05, 4.69) is 70.2 Å². The van der Waals surface area contributed by atoms with Crippen LogP contribution in [0.4, 0.5) is 15.9 Å². The van der Waals surface area contributed by atoms with Crippen LogP contribution in [0, 0.1) is 13.5 Å². The van der Waals surface area contributed by atoms with Crippen molar-refractivity contribution in [2.24, 2.45) is 0 Å². The van der Waals surface area contributed by atoms with Gasteiger partial charge in [0, 0.05) is 60.8 Å². The fourth-order valence-electron chi connectivity index (χ4n) is 6.76. The first-order valence-electron chi connectivity index (χ1n) is 15.8. The van der Waals surface area contributed by atoms with E-state index in [1.54, 1.807) is 0 Å². The average Bonchev–Trinajstić information content (AvgIpc) is 3.01. The summed E-state index contributed by atoms with van der Waals surface area (Å²) in [7, 11) is 2.15. The van der Waals surface area contributed by atoms with E-state index >= 15 is 0 Å². The van der Waals surface area contributed by atoms with E-state index in [1.165, 1.54) is 35.1 Å². The van der Waals surface area contributed by atoms with Gasteiger partial charge >= 0.3 is 6.01 Å². The number of carbonyl (C=O) groups is 1. The third-order valence-electron chi connectivity index (χ3n) is 9.71. The number of fused-ring (bicyclic) bond motifs is 2. The molecular formula is C34H41FN8O2. The Hall–Kier alpha value is -4.30. The lowest BCUT2D eigenvalue weighted by atomic mass is 9.91. The number of hydrogen-bond donors (Lipinski definition) is 0. The number of pyridine rings is 1. The van der Waals surface area contributed by atoms with Gasteiger partial charge in [0.25, 0.3) is 5.91 Å². The summed E-state index contributed by atoms with van der Waals surface area (Å²) >= 11 is 0. The molecule has 6 rings (SSSR count). The van der Waals surface area contributed by atoms with Gasteiger partial charge in [0.15, 0.2) is 5.83 Å². The summed E-state index contributed by atoms with van der Waals surface area (Å²) in [5, 5.41) is 2.29. The largest absolute Gasteiger partial charge is 0.462 e. The summed E-state index contributed by atoms with van der Waals surface area (Å²) in [4.78, 5) is 38.8. The van der Waals surface area contributed by atoms with Crippen molar-refractivity contribution in [3.8, 4) is 6.01 Å². The standard InChI is InChI=1S/C34H41FN8O2/c1-22-8-6-9-25-16-37-18-30(31(22)25)41-13-12-28-29(20-41)38-34(45-21-23(2)40(5)26-10-7-11-26)39-32(28)42-14-15-43(33(44)24(3)35)27(19-42)17-36-4/h6,8-9,16,18,23,26-27H,3,7,10-15,17,19-21H2,1-2,5H3/t23-,27-/m0/s1. The lowest BCUT2D eigenvalue weighted by Crippen LogP contribution is -2.57. The monoisotopic (exact) mass is 612 g/mol. The minimum atomic E-state index is -1.01. The zero-order valence-corrected chi connectivity index (χ0v) is 26.4. The Balaban J connectivity index is 1.32. The van der Waals surface area contributed by atoms with E-state index in [9.17, 15) is 9.18 Å². The van der Waals surface area contributed by atoms with Crippen LogP contribution in [0.3, 0.4) is 0 Å². The van der Waals surface area contributed by atoms with E-state index in [0.717, 1.165) is 34.7 Å². The molecule has 0 radical (unpaired) electrons. The number of anilines is 2. The fraction of sp³-hybridized carbons (Fsp3) is 0.500. The highest BCUT2D eigenvalue weighted by atomic mass is 19.1. The van der Waals surface area contributed by atoms with Crippen LogP contribution in [0.1, 0.15) is 43.0 Å². The highest BCUT2D eigenvalue weighted by Gasteiger charge is 2.36. The Bertz CT molecular complexity index is 1630. The van der Waals surface area contributed by atoms with Gasteiger partial charge in [-0.1, -0.05) is 31.2 Å². The van der Waals surface area contributed by atoms with Crippen molar-refractivity contribution in [2.75, 3.05) is 56.2 Å². The van der Waals surface area contributed by atoms with Crippen LogP contribution in [0.5, 0.6) is 6.01 Å². The summed E-state index contributed by atoms with van der Waals surface area (Å²) in [5.74, 6) is -0.993. The predicted octanol–water partition coefficient (Wildman–Crippen LogP) is 4.57. The quantitative estimate of drug-likeness (QED) is 0.257. The van der Waals surface area contributed by atoms with Gasteiger partial charge in [0.05, 0.1) is 24.1 Å². The number of amides is 1. The summed E-state index contributed by atoms with van der Waals surface area (Å²) in [6, 6.07) is 6.91. The lowest BCUT2D eigenvalue weighted by Gasteiger charge is -2.41. The van der Waals surface area contributed by atoms with Gasteiger partial charge in [0.1, 0.15) is 18.5 Å². The zero-order valence-electron chi connectivity index (χ0n) is 26.4. The maximum absolute atomic E-state index is 13.8. The van der Waals surface area contributed by atoms with Gasteiger partial charge in [-0.15, -0.1) is 0 Å². The molecule has 0 N–H and O–H groups in total. The number of ether oxygens (including phenoxy) is 1. The molecule has 0 unspecified atom stereocenters. The first kappa shape index (κ1) is 30.7. The number of aromatic nitrogens is 3. The first-order valence-corrected chi connectivity index (χ1v) is 15.8. The number of carbonyl (C=O) groups excluding carboxylic acids is 1. The van der Waals surface area contributed by atoms with Crippen LogP contribution < -0.4 is 14.5 Å². The third-order valence-corrected chi connectivity index (χ3v) is 9.71. The zero-order chi connectivity index (χ0) is 31.7. The van der Waals surface area contributed by atoms with Crippen molar-refractivity contribution in [3.63, 3.8) is 0 Å². The molecule has 4 heterocycles. The molecule has 2 fully saturated rings. The molecule has 1 aromatic carbocycles. The third kappa shape index (κ3) is 6.16. The second kappa shape index (κ2) is 13.0. The molecule has 0 spiro atoms. The number of hydrogen-bond acceptors (Lipinski definition) is 8. The minimum Gasteiger partial charge on any atom is -0.462 e. The molecule has 1 amide bonds. The highest BCUT2D eigenvalue weighted by molar-refractivity contribution is 5.96. The first-order chi connectivity index (χ1) is 21.7. The van der Waals surface area contributed by atoms with Crippen LogP contribution in [0.2, 0.25) is 0 Å². The van der Waals surface area contributed by atoms with Crippen molar-refractivity contribution >= 4 is 28.2 Å². The van der Waals surface area contributed by atoms with Crippen molar-refractivity contribution in [3.05, 3.63) is 71.2 Å². The molecule has 236 valence electrons. The van der Waals surface area contributed by atoms with Crippen LogP contribution in [-0.4, -0.2) is 95.2 Å². The molecule has 0 bridgehead atoms. The summed E-state index contributed by atoms with van der Waals surface area (Å²) in [6.45, 7) is 17.9. The summed E-state index contributed by atoms with van der Waals surface area (Å²) < 4.78 is 20.2. The topological polar surface area (TPSA) is 82.3 Å². The SMILES string of the molecule is [C-]#[N+]C[C@H]1CN(c2nc(OC[C@H](C)N(C)C3CCC3)nc3c2CCN(c2cncc4cccc(C)c24)C3)CCN1C(=O)C(=C)F. The number of likely N-dealkylation sites (N-methyl/N-ethyl adjacent to an activating group) is 1. The van der Waals surface area contributed by atoms with Crippen LogP contribution in [0.15, 0.2) is 43.0 Å². The average molecular weight is 613 g/mol. The fourth-order valence-corrected chi connectivity index (χ4v) is 6.76. The van der Waals surface area contributed by atoms with Gasteiger partial charge in [-0.2, -0.15) is 9.97 Å². The number of halogens is 1. The lowest BCUT2D eigenvalue weighted by molar-refractivity contribution is -0.131. The van der Waals surface area contributed by atoms with Crippen molar-refractivity contribution in [1.29, 1.82) is 0 Å². The molecule has 1 aliphatic carbocycles. The molecule has 45 heavy (non-hydrogen) atoms. The Labute approximate surface area is 264 Å². The van der Waals surface area contributed by atoms with Gasteiger partial charge in [-0.25, -0.2) is 11.0 Å². The van der Waals surface area contributed by atoms with E-state index in [4.69, 9.17) is 21.3 Å². The molecule has 2 atom stereocenters. The Morgan fingerprint density at radius 3 is 2.78 bits per heavy atom. The number of rotatable bonds is 9. The maximum Gasteiger partial charge on any atom is 0.318 e. The van der Waals surface area contributed by atoms with Gasteiger partial charge in [-0.3, -0.25) is 14.7 Å². The van der Waals surface area contributed by atoms with E-state index < -0.39 is 17.8 Å². The predicted molar refractivity (Wildman–Crippen MR) is 173 cm³/mol. The van der Waals surface area contributed by atoms with Crippen molar-refractivity contribution in [1.82, 2.24) is 24.8 Å². The molecule has 10 nitrogen and oxygen atoms in total. The number of piperazine rings is 1. The van der Waals surface area contributed by atoms with Crippen LogP contribution in [0.25, 0.3) is 15.6 Å². The van der Waals surface area contributed by atoms with E-state index in [0.29, 0.717) is 44.7 Å². The van der Waals surface area contributed by atoms with Crippen molar-refractivity contribution in [2.45, 2.75) is 64.2 Å².